The topological polar surface area (TPSA) is 21.7 Å². The molecule has 0 radical (unpaired) electrons. The van der Waals surface area contributed by atoms with Gasteiger partial charge in [-0.05, 0) is 12.8 Å². The molecule has 1 aromatic heterocycles. The molecular weight excluding hydrogens is 306 g/mol. The number of aromatic nitrogens is 3. The first-order chi connectivity index (χ1) is 12.2. The monoisotopic (exact) mass is 334 g/mol. The third kappa shape index (κ3) is 3.37. The van der Waals surface area contributed by atoms with Gasteiger partial charge in [0.05, 0.1) is 5.21 Å². The van der Waals surface area contributed by atoms with Crippen LogP contribution < -0.4 is 4.68 Å². The van der Waals surface area contributed by atoms with Gasteiger partial charge in [0.2, 0.25) is 5.69 Å². The number of rotatable bonds is 6. The van der Waals surface area contributed by atoms with Gasteiger partial charge in [0.25, 0.3) is 0 Å². The lowest BCUT2D eigenvalue weighted by Gasteiger charge is -2.10. The van der Waals surface area contributed by atoms with Crippen molar-refractivity contribution in [1.82, 2.24) is 9.90 Å². The van der Waals surface area contributed by atoms with Crippen molar-refractivity contribution in [3.05, 3.63) is 65.4 Å². The van der Waals surface area contributed by atoms with Crippen molar-refractivity contribution in [3.63, 3.8) is 0 Å². The summed E-state index contributed by atoms with van der Waals surface area (Å²) in [5.74, 6) is 0. The third-order valence-electron chi connectivity index (χ3n) is 4.71. The van der Waals surface area contributed by atoms with Crippen LogP contribution in [0.4, 0.5) is 0 Å². The summed E-state index contributed by atoms with van der Waals surface area (Å²) in [5.41, 5.74) is 7.63. The molecule has 0 bridgehead atoms. The summed E-state index contributed by atoms with van der Waals surface area (Å²) in [7, 11) is 2.04. The highest BCUT2D eigenvalue weighted by Gasteiger charge is 2.26. The molecule has 0 spiro atoms. The molecule has 0 aliphatic carbocycles. The van der Waals surface area contributed by atoms with Gasteiger partial charge in [0.1, 0.15) is 7.05 Å². The van der Waals surface area contributed by atoms with Gasteiger partial charge in [-0.3, -0.25) is 0 Å². The first-order valence-electron chi connectivity index (χ1n) is 9.29. The summed E-state index contributed by atoms with van der Waals surface area (Å²) in [6, 6.07) is 17.2. The fraction of sp³-hybridized carbons (Fsp3) is 0.364. The molecule has 0 unspecified atom stereocenters. The van der Waals surface area contributed by atoms with E-state index >= 15 is 0 Å². The van der Waals surface area contributed by atoms with Gasteiger partial charge in [0, 0.05) is 23.6 Å². The van der Waals surface area contributed by atoms with Gasteiger partial charge in [0.15, 0.2) is 11.4 Å². The van der Waals surface area contributed by atoms with Crippen LogP contribution in [0.3, 0.4) is 0 Å². The molecule has 0 atom stereocenters. The van der Waals surface area contributed by atoms with E-state index in [1.54, 1.807) is 0 Å². The Balaban J connectivity index is 2.21. The highest BCUT2D eigenvalue weighted by atomic mass is 15.5. The molecule has 0 saturated heterocycles. The van der Waals surface area contributed by atoms with Gasteiger partial charge in [-0.1, -0.05) is 79.9 Å². The molecule has 0 N–H and O–H groups in total. The maximum absolute atomic E-state index is 4.88. The molecule has 25 heavy (non-hydrogen) atoms. The second-order valence-electron chi connectivity index (χ2n) is 6.65. The minimum Gasteiger partial charge on any atom is -0.132 e. The zero-order valence-electron chi connectivity index (χ0n) is 15.8. The SMILES string of the molecule is CCCc1cccc(CCC)c1-n1n[n+](C)c(-c2ccccc2)c1C. The molecule has 2 aromatic carbocycles. The van der Waals surface area contributed by atoms with Gasteiger partial charge < -0.3 is 0 Å². The molecule has 0 aliphatic rings. The highest BCUT2D eigenvalue weighted by molar-refractivity contribution is 5.60. The van der Waals surface area contributed by atoms with E-state index in [2.05, 4.69) is 74.0 Å². The average Bonchev–Trinajstić information content (AvgIpc) is 2.91. The Morgan fingerprint density at radius 1 is 0.880 bits per heavy atom. The molecule has 0 amide bonds. The predicted octanol–water partition coefficient (Wildman–Crippen LogP) is 4.58. The Bertz CT molecular complexity index is 823. The van der Waals surface area contributed by atoms with Crippen LogP contribution >= 0.6 is 0 Å². The van der Waals surface area contributed by atoms with Crippen LogP contribution in [-0.2, 0) is 19.9 Å². The standard InChI is InChI=1S/C22H28N3/c1-5-11-18-15-10-16-19(12-6-2)22(18)25-17(3)21(24(4)23-25)20-13-8-7-9-14-20/h7-10,13-16H,5-6,11-12H2,1-4H3/q+1. The molecule has 0 saturated carbocycles. The van der Waals surface area contributed by atoms with Crippen molar-refractivity contribution in [2.75, 3.05) is 0 Å². The van der Waals surface area contributed by atoms with Crippen LogP contribution in [0.15, 0.2) is 48.5 Å². The molecule has 3 aromatic rings. The second-order valence-corrected chi connectivity index (χ2v) is 6.65. The van der Waals surface area contributed by atoms with Crippen LogP contribution in [0, 0.1) is 6.92 Å². The van der Waals surface area contributed by atoms with E-state index < -0.39 is 0 Å². The molecule has 1 heterocycles. The largest absolute Gasteiger partial charge is 0.200 e. The van der Waals surface area contributed by atoms with E-state index in [9.17, 15) is 0 Å². The molecule has 3 heteroatoms. The Morgan fingerprint density at radius 2 is 1.48 bits per heavy atom. The Labute approximate surface area is 150 Å². The number of hydrogen-bond donors (Lipinski definition) is 0. The summed E-state index contributed by atoms with van der Waals surface area (Å²) in [6.45, 7) is 6.65. The van der Waals surface area contributed by atoms with Crippen LogP contribution in [0.2, 0.25) is 0 Å². The molecule has 3 rings (SSSR count). The van der Waals surface area contributed by atoms with Crippen molar-refractivity contribution in [3.8, 4) is 16.9 Å². The quantitative estimate of drug-likeness (QED) is 0.605. The molecule has 0 fully saturated rings. The molecular formula is C22H28N3+. The number of aryl methyl sites for hydroxylation is 3. The average molecular weight is 334 g/mol. The fourth-order valence-corrected chi connectivity index (χ4v) is 3.64. The zero-order chi connectivity index (χ0) is 17.8. The van der Waals surface area contributed by atoms with Crippen molar-refractivity contribution < 1.29 is 4.68 Å². The third-order valence-corrected chi connectivity index (χ3v) is 4.71. The Morgan fingerprint density at radius 3 is 2.04 bits per heavy atom. The Hall–Kier alpha value is -2.42. The Kier molecular flexibility index (Phi) is 5.32. The van der Waals surface area contributed by atoms with Crippen LogP contribution in [0.5, 0.6) is 0 Å². The van der Waals surface area contributed by atoms with Gasteiger partial charge >= 0.3 is 0 Å². The lowest BCUT2D eigenvalue weighted by molar-refractivity contribution is -0.721. The van der Waals surface area contributed by atoms with Crippen molar-refractivity contribution in [1.29, 1.82) is 0 Å². The van der Waals surface area contributed by atoms with Crippen LogP contribution in [0.1, 0.15) is 43.5 Å². The van der Waals surface area contributed by atoms with Gasteiger partial charge in [-0.15, -0.1) is 4.68 Å². The summed E-state index contributed by atoms with van der Waals surface area (Å²) >= 11 is 0. The second kappa shape index (κ2) is 7.64. The zero-order valence-corrected chi connectivity index (χ0v) is 15.8. The highest BCUT2D eigenvalue weighted by Crippen LogP contribution is 2.26. The van der Waals surface area contributed by atoms with Crippen molar-refractivity contribution >= 4 is 0 Å². The smallest absolute Gasteiger partial charge is 0.132 e. The lowest BCUT2D eigenvalue weighted by Crippen LogP contribution is -2.33. The summed E-state index contributed by atoms with van der Waals surface area (Å²) < 4.78 is 4.15. The maximum atomic E-state index is 4.88. The minimum absolute atomic E-state index is 1.08. The fourth-order valence-electron chi connectivity index (χ4n) is 3.64. The summed E-state index contributed by atoms with van der Waals surface area (Å²) in [6.07, 6.45) is 4.44. The lowest BCUT2D eigenvalue weighted by atomic mass is 10.00. The minimum atomic E-state index is 1.08. The normalized spacial score (nSPS) is 11.0. The number of nitrogens with zero attached hydrogens (tertiary/aromatic N) is 3. The molecule has 130 valence electrons. The van der Waals surface area contributed by atoms with E-state index in [1.807, 2.05) is 11.7 Å². The van der Waals surface area contributed by atoms with Crippen LogP contribution in [-0.4, -0.2) is 9.90 Å². The van der Waals surface area contributed by atoms with E-state index in [-0.39, 0.29) is 0 Å². The van der Waals surface area contributed by atoms with Crippen molar-refractivity contribution in [2.24, 2.45) is 7.05 Å². The van der Waals surface area contributed by atoms with Gasteiger partial charge in [-0.2, -0.15) is 0 Å². The number of para-hydroxylation sites is 1. The van der Waals surface area contributed by atoms with Gasteiger partial charge in [-0.25, -0.2) is 0 Å². The van der Waals surface area contributed by atoms with E-state index in [1.165, 1.54) is 33.8 Å². The number of hydrogen-bond acceptors (Lipinski definition) is 1. The summed E-state index contributed by atoms with van der Waals surface area (Å²) in [5, 5.41) is 4.88. The first-order valence-corrected chi connectivity index (χ1v) is 9.29. The van der Waals surface area contributed by atoms with Crippen molar-refractivity contribution in [2.45, 2.75) is 46.5 Å². The number of benzene rings is 2. The molecule has 0 aliphatic heterocycles. The summed E-state index contributed by atoms with van der Waals surface area (Å²) in [4.78, 5) is 0. The maximum Gasteiger partial charge on any atom is 0.200 e. The van der Waals surface area contributed by atoms with E-state index in [0.29, 0.717) is 0 Å². The first kappa shape index (κ1) is 17.4. The van der Waals surface area contributed by atoms with Crippen LogP contribution in [0.25, 0.3) is 16.9 Å². The predicted molar refractivity (Wildman–Crippen MR) is 103 cm³/mol. The van der Waals surface area contributed by atoms with E-state index in [0.717, 1.165) is 25.7 Å². The van der Waals surface area contributed by atoms with E-state index in [4.69, 9.17) is 5.21 Å². The molecule has 3 nitrogen and oxygen atoms in total.